The van der Waals surface area contributed by atoms with Crippen LogP contribution in [0.1, 0.15) is 50.2 Å². The van der Waals surface area contributed by atoms with Crippen molar-refractivity contribution in [1.82, 2.24) is 0 Å². The summed E-state index contributed by atoms with van der Waals surface area (Å²) in [5.41, 5.74) is 1.92. The molecule has 134 valence electrons. The standard InChI is InChI=1S/C23H24O3/c1-17-13-15-23(16-14-17,18(2)24)26-22(25)21(19-9-5-3-6-10-19)20-11-7-4-8-12-20/h3-13,21H,14-16H2,1-2H3/t23-/m1/s1. The zero-order valence-electron chi connectivity index (χ0n) is 15.3. The van der Waals surface area contributed by atoms with Gasteiger partial charge >= 0.3 is 5.97 Å². The minimum atomic E-state index is -1.04. The Morgan fingerprint density at radius 1 is 0.962 bits per heavy atom. The molecule has 3 heteroatoms. The van der Waals surface area contributed by atoms with Crippen molar-refractivity contribution in [3.63, 3.8) is 0 Å². The van der Waals surface area contributed by atoms with Gasteiger partial charge in [-0.15, -0.1) is 0 Å². The molecule has 1 aliphatic carbocycles. The quantitative estimate of drug-likeness (QED) is 0.575. The van der Waals surface area contributed by atoms with Gasteiger partial charge in [-0.1, -0.05) is 72.3 Å². The molecule has 2 aromatic carbocycles. The fourth-order valence-electron chi connectivity index (χ4n) is 3.43. The number of Topliss-reactive ketones (excluding diaryl/α,β-unsaturated/α-hetero) is 1. The summed E-state index contributed by atoms with van der Waals surface area (Å²) in [5.74, 6) is -0.999. The van der Waals surface area contributed by atoms with Gasteiger partial charge in [0.05, 0.1) is 0 Å². The fraction of sp³-hybridized carbons (Fsp3) is 0.304. The predicted molar refractivity (Wildman–Crippen MR) is 102 cm³/mol. The summed E-state index contributed by atoms with van der Waals surface area (Å²) in [4.78, 5) is 25.6. The first kappa shape index (κ1) is 18.1. The van der Waals surface area contributed by atoms with Crippen molar-refractivity contribution in [2.45, 2.75) is 44.6 Å². The number of benzene rings is 2. The summed E-state index contributed by atoms with van der Waals surface area (Å²) in [5, 5.41) is 0. The number of rotatable bonds is 5. The van der Waals surface area contributed by atoms with Gasteiger partial charge in [-0.05, 0) is 37.8 Å². The number of carbonyl (C=O) groups is 2. The number of hydrogen-bond acceptors (Lipinski definition) is 3. The Kier molecular flexibility index (Phi) is 5.36. The van der Waals surface area contributed by atoms with Gasteiger partial charge in [0.2, 0.25) is 0 Å². The second kappa shape index (κ2) is 7.69. The Morgan fingerprint density at radius 3 is 1.92 bits per heavy atom. The molecule has 0 aromatic heterocycles. The summed E-state index contributed by atoms with van der Waals surface area (Å²) in [7, 11) is 0. The summed E-state index contributed by atoms with van der Waals surface area (Å²) in [6, 6.07) is 19.2. The molecule has 0 bridgehead atoms. The Hall–Kier alpha value is -2.68. The second-order valence-electron chi connectivity index (χ2n) is 6.98. The molecule has 0 spiro atoms. The van der Waals surface area contributed by atoms with Crippen LogP contribution in [0.15, 0.2) is 72.3 Å². The van der Waals surface area contributed by atoms with Crippen molar-refractivity contribution in [2.75, 3.05) is 0 Å². The molecular formula is C23H24O3. The maximum atomic E-state index is 13.2. The summed E-state index contributed by atoms with van der Waals surface area (Å²) < 4.78 is 5.93. The molecule has 0 heterocycles. The highest BCUT2D eigenvalue weighted by atomic mass is 16.6. The van der Waals surface area contributed by atoms with Crippen LogP contribution in [0, 0.1) is 0 Å². The van der Waals surface area contributed by atoms with Gasteiger partial charge in [0.1, 0.15) is 5.92 Å². The summed E-state index contributed by atoms with van der Waals surface area (Å²) >= 11 is 0. The molecule has 0 radical (unpaired) electrons. The lowest BCUT2D eigenvalue weighted by Gasteiger charge is -2.34. The van der Waals surface area contributed by atoms with E-state index in [4.69, 9.17) is 4.74 Å². The van der Waals surface area contributed by atoms with E-state index in [2.05, 4.69) is 0 Å². The molecule has 26 heavy (non-hydrogen) atoms. The Balaban J connectivity index is 1.94. The minimum Gasteiger partial charge on any atom is -0.450 e. The highest BCUT2D eigenvalue weighted by Gasteiger charge is 2.42. The number of hydrogen-bond donors (Lipinski definition) is 0. The molecule has 1 aliphatic rings. The van der Waals surface area contributed by atoms with Gasteiger partial charge < -0.3 is 4.74 Å². The van der Waals surface area contributed by atoms with Gasteiger partial charge in [-0.3, -0.25) is 9.59 Å². The fourth-order valence-corrected chi connectivity index (χ4v) is 3.43. The number of ether oxygens (including phenoxy) is 1. The van der Waals surface area contributed by atoms with E-state index in [-0.39, 0.29) is 11.8 Å². The van der Waals surface area contributed by atoms with Crippen LogP contribution in [0.3, 0.4) is 0 Å². The second-order valence-corrected chi connectivity index (χ2v) is 6.98. The van der Waals surface area contributed by atoms with Crippen molar-refractivity contribution in [3.05, 3.63) is 83.4 Å². The molecule has 3 rings (SSSR count). The number of allylic oxidation sites excluding steroid dienone is 1. The van der Waals surface area contributed by atoms with Gasteiger partial charge in [-0.25, -0.2) is 0 Å². The zero-order chi connectivity index (χ0) is 18.6. The van der Waals surface area contributed by atoms with Gasteiger partial charge in [0.15, 0.2) is 11.4 Å². The predicted octanol–water partition coefficient (Wildman–Crippen LogP) is 4.82. The first-order valence-corrected chi connectivity index (χ1v) is 9.01. The maximum absolute atomic E-state index is 13.2. The van der Waals surface area contributed by atoms with Crippen LogP contribution in [-0.2, 0) is 14.3 Å². The van der Waals surface area contributed by atoms with E-state index >= 15 is 0 Å². The molecule has 0 saturated heterocycles. The van der Waals surface area contributed by atoms with E-state index in [1.165, 1.54) is 12.5 Å². The highest BCUT2D eigenvalue weighted by Crippen LogP contribution is 2.35. The molecular weight excluding hydrogens is 324 g/mol. The Morgan fingerprint density at radius 2 is 1.50 bits per heavy atom. The van der Waals surface area contributed by atoms with Gasteiger partial charge in [-0.2, -0.15) is 0 Å². The zero-order valence-corrected chi connectivity index (χ0v) is 15.3. The molecule has 3 nitrogen and oxygen atoms in total. The van der Waals surface area contributed by atoms with E-state index in [0.717, 1.165) is 17.5 Å². The summed E-state index contributed by atoms with van der Waals surface area (Å²) in [6.45, 7) is 3.56. The van der Waals surface area contributed by atoms with Crippen molar-refractivity contribution >= 4 is 11.8 Å². The normalized spacial score (nSPS) is 19.7. The average Bonchev–Trinajstić information content (AvgIpc) is 2.65. The van der Waals surface area contributed by atoms with Crippen LogP contribution < -0.4 is 0 Å². The first-order valence-electron chi connectivity index (χ1n) is 9.01. The van der Waals surface area contributed by atoms with E-state index in [0.29, 0.717) is 12.8 Å². The molecule has 0 unspecified atom stereocenters. The molecule has 1 atom stereocenters. The van der Waals surface area contributed by atoms with E-state index in [1.807, 2.05) is 73.7 Å². The lowest BCUT2D eigenvalue weighted by molar-refractivity contribution is -0.168. The molecule has 0 N–H and O–H groups in total. The van der Waals surface area contributed by atoms with E-state index in [9.17, 15) is 9.59 Å². The van der Waals surface area contributed by atoms with E-state index in [1.54, 1.807) is 0 Å². The van der Waals surface area contributed by atoms with Gasteiger partial charge in [0.25, 0.3) is 0 Å². The smallest absolute Gasteiger partial charge is 0.318 e. The lowest BCUT2D eigenvalue weighted by Crippen LogP contribution is -2.44. The van der Waals surface area contributed by atoms with Crippen LogP contribution in [-0.4, -0.2) is 17.4 Å². The number of carbonyl (C=O) groups excluding carboxylic acids is 2. The maximum Gasteiger partial charge on any atom is 0.318 e. The Bertz CT molecular complexity index is 768. The largest absolute Gasteiger partial charge is 0.450 e. The number of esters is 1. The van der Waals surface area contributed by atoms with E-state index < -0.39 is 11.5 Å². The van der Waals surface area contributed by atoms with Crippen LogP contribution >= 0.6 is 0 Å². The van der Waals surface area contributed by atoms with Crippen molar-refractivity contribution in [2.24, 2.45) is 0 Å². The average molecular weight is 348 g/mol. The van der Waals surface area contributed by atoms with Crippen molar-refractivity contribution < 1.29 is 14.3 Å². The SMILES string of the molecule is CC(=O)[C@@]1(OC(=O)C(c2ccccc2)c2ccccc2)CC=C(C)CC1. The molecule has 2 aromatic rings. The third-order valence-electron chi connectivity index (χ3n) is 5.14. The highest BCUT2D eigenvalue weighted by molar-refractivity contribution is 5.90. The van der Waals surface area contributed by atoms with Crippen LogP contribution in [0.5, 0.6) is 0 Å². The van der Waals surface area contributed by atoms with Crippen LogP contribution in [0.4, 0.5) is 0 Å². The van der Waals surface area contributed by atoms with Crippen LogP contribution in [0.25, 0.3) is 0 Å². The third-order valence-corrected chi connectivity index (χ3v) is 5.14. The molecule has 0 saturated carbocycles. The molecule has 0 fully saturated rings. The molecule has 0 amide bonds. The summed E-state index contributed by atoms with van der Waals surface area (Å²) in [6.07, 6.45) is 3.79. The minimum absolute atomic E-state index is 0.0885. The number of ketones is 1. The molecule has 0 aliphatic heterocycles. The topological polar surface area (TPSA) is 43.4 Å². The first-order chi connectivity index (χ1) is 12.5. The van der Waals surface area contributed by atoms with Crippen molar-refractivity contribution in [1.29, 1.82) is 0 Å². The monoisotopic (exact) mass is 348 g/mol. The third kappa shape index (κ3) is 3.77. The van der Waals surface area contributed by atoms with Crippen molar-refractivity contribution in [3.8, 4) is 0 Å². The Labute approximate surface area is 154 Å². The van der Waals surface area contributed by atoms with Gasteiger partial charge in [0, 0.05) is 6.42 Å². The van der Waals surface area contributed by atoms with Crippen LogP contribution in [0.2, 0.25) is 0 Å². The lowest BCUT2D eigenvalue weighted by atomic mass is 9.82.